The normalized spacial score (nSPS) is 14.4. The molecule has 0 heterocycles. The van der Waals surface area contributed by atoms with Gasteiger partial charge >= 0.3 is 0 Å². The zero-order valence-electron chi connectivity index (χ0n) is 7.43. The molecule has 0 aliphatic heterocycles. The highest BCUT2D eigenvalue weighted by atomic mass is 35.5. The maximum absolute atomic E-state index is 10.3. The highest BCUT2D eigenvalue weighted by molar-refractivity contribution is 6.64. The topological polar surface area (TPSA) is 58.6 Å². The second kappa shape index (κ2) is 4.77. The van der Waals surface area contributed by atoms with E-state index in [0.717, 1.165) is 0 Å². The molecule has 0 saturated carbocycles. The quantitative estimate of drug-likeness (QED) is 0.505. The Morgan fingerprint density at radius 2 is 2.17 bits per heavy atom. The van der Waals surface area contributed by atoms with Crippen molar-refractivity contribution in [2.24, 2.45) is 0 Å². The standard InChI is InChI=1S/C7H14ClNO3/c1-7(2,3)12-6(11)9-4-5(8)10/h6,9,11H,4H2,1-3H3. The number of halogens is 1. The highest BCUT2D eigenvalue weighted by Crippen LogP contribution is 2.07. The molecule has 0 rings (SSSR count). The summed E-state index contributed by atoms with van der Waals surface area (Å²) in [6, 6.07) is 0. The van der Waals surface area contributed by atoms with Gasteiger partial charge in [-0.1, -0.05) is 0 Å². The van der Waals surface area contributed by atoms with Gasteiger partial charge in [0, 0.05) is 0 Å². The molecule has 0 spiro atoms. The summed E-state index contributed by atoms with van der Waals surface area (Å²) in [5.74, 6) is 0. The van der Waals surface area contributed by atoms with E-state index in [2.05, 4.69) is 5.32 Å². The number of rotatable bonds is 4. The summed E-state index contributed by atoms with van der Waals surface area (Å²) in [5.41, 5.74) is -0.457. The van der Waals surface area contributed by atoms with Crippen LogP contribution in [-0.4, -0.2) is 28.9 Å². The third-order valence-corrected chi connectivity index (χ3v) is 1.01. The van der Waals surface area contributed by atoms with Crippen LogP contribution in [0.25, 0.3) is 0 Å². The van der Waals surface area contributed by atoms with Crippen LogP contribution in [0.5, 0.6) is 0 Å². The Morgan fingerprint density at radius 3 is 2.50 bits per heavy atom. The van der Waals surface area contributed by atoms with E-state index in [1.165, 1.54) is 0 Å². The fourth-order valence-electron chi connectivity index (χ4n) is 0.544. The van der Waals surface area contributed by atoms with E-state index >= 15 is 0 Å². The summed E-state index contributed by atoms with van der Waals surface area (Å²) in [5, 5.41) is 10.9. The van der Waals surface area contributed by atoms with Crippen LogP contribution in [0.3, 0.4) is 0 Å². The third-order valence-electron chi connectivity index (χ3n) is 0.881. The predicted molar refractivity (Wildman–Crippen MR) is 45.7 cm³/mol. The van der Waals surface area contributed by atoms with Crippen LogP contribution in [0.1, 0.15) is 20.8 Å². The van der Waals surface area contributed by atoms with Crippen LogP contribution in [-0.2, 0) is 9.53 Å². The van der Waals surface area contributed by atoms with E-state index in [9.17, 15) is 4.79 Å². The summed E-state index contributed by atoms with van der Waals surface area (Å²) in [4.78, 5) is 10.3. The van der Waals surface area contributed by atoms with E-state index in [1.54, 1.807) is 20.8 Å². The molecule has 72 valence electrons. The number of nitrogens with one attached hydrogen (secondary N) is 1. The summed E-state index contributed by atoms with van der Waals surface area (Å²) < 4.78 is 5.02. The minimum absolute atomic E-state index is 0.112. The van der Waals surface area contributed by atoms with Crippen molar-refractivity contribution < 1.29 is 14.6 Å². The molecule has 0 aromatic heterocycles. The smallest absolute Gasteiger partial charge is 0.235 e. The maximum Gasteiger partial charge on any atom is 0.235 e. The number of carbonyl (C=O) groups excluding carboxylic acids is 1. The van der Waals surface area contributed by atoms with Gasteiger partial charge in [0.2, 0.25) is 11.7 Å². The van der Waals surface area contributed by atoms with Gasteiger partial charge in [-0.25, -0.2) is 0 Å². The van der Waals surface area contributed by atoms with Crippen LogP contribution in [0.2, 0.25) is 0 Å². The molecule has 0 fully saturated rings. The Kier molecular flexibility index (Phi) is 4.70. The number of carbonyl (C=O) groups is 1. The van der Waals surface area contributed by atoms with Crippen molar-refractivity contribution in [3.8, 4) is 0 Å². The summed E-state index contributed by atoms with van der Waals surface area (Å²) in [6.07, 6.45) is -1.16. The van der Waals surface area contributed by atoms with Crippen LogP contribution in [0.15, 0.2) is 0 Å². The van der Waals surface area contributed by atoms with Crippen molar-refractivity contribution in [2.75, 3.05) is 6.54 Å². The molecule has 2 N–H and O–H groups in total. The minimum atomic E-state index is -1.16. The monoisotopic (exact) mass is 195 g/mol. The van der Waals surface area contributed by atoms with E-state index in [4.69, 9.17) is 21.4 Å². The van der Waals surface area contributed by atoms with Crippen LogP contribution < -0.4 is 5.32 Å². The van der Waals surface area contributed by atoms with Gasteiger partial charge in [-0.15, -0.1) is 0 Å². The average molecular weight is 196 g/mol. The van der Waals surface area contributed by atoms with E-state index < -0.39 is 17.3 Å². The minimum Gasteiger partial charge on any atom is -0.356 e. The number of ether oxygens (including phenoxy) is 1. The lowest BCUT2D eigenvalue weighted by Gasteiger charge is -2.23. The molecule has 0 saturated heterocycles. The Hall–Kier alpha value is -0.160. The molecular weight excluding hydrogens is 182 g/mol. The number of aliphatic hydroxyl groups excluding tert-OH is 1. The second-order valence-electron chi connectivity index (χ2n) is 3.32. The molecule has 0 aliphatic carbocycles. The fraction of sp³-hybridized carbons (Fsp3) is 0.857. The van der Waals surface area contributed by atoms with Gasteiger partial charge < -0.3 is 9.84 Å². The first kappa shape index (κ1) is 11.8. The molecule has 0 bridgehead atoms. The number of hydrogen-bond donors (Lipinski definition) is 2. The molecule has 0 aromatic rings. The molecule has 4 nitrogen and oxygen atoms in total. The van der Waals surface area contributed by atoms with Crippen LogP contribution >= 0.6 is 11.6 Å². The van der Waals surface area contributed by atoms with E-state index in [0.29, 0.717) is 0 Å². The summed E-state index contributed by atoms with van der Waals surface area (Å²) >= 11 is 5.03. The third kappa shape index (κ3) is 7.94. The first-order valence-corrected chi connectivity index (χ1v) is 3.96. The molecule has 0 radical (unpaired) electrons. The lowest BCUT2D eigenvalue weighted by Crippen LogP contribution is -2.39. The zero-order chi connectivity index (χ0) is 9.78. The molecule has 0 amide bonds. The first-order chi connectivity index (χ1) is 5.31. The second-order valence-corrected chi connectivity index (χ2v) is 3.74. The fourth-order valence-corrected chi connectivity index (χ4v) is 0.621. The molecule has 12 heavy (non-hydrogen) atoms. The van der Waals surface area contributed by atoms with Gasteiger partial charge in [0.05, 0.1) is 12.1 Å². The molecular formula is C7H14ClNO3. The van der Waals surface area contributed by atoms with Crippen molar-refractivity contribution in [1.29, 1.82) is 0 Å². The Balaban J connectivity index is 3.60. The summed E-state index contributed by atoms with van der Waals surface area (Å²) in [7, 11) is 0. The van der Waals surface area contributed by atoms with Gasteiger partial charge in [-0.2, -0.15) is 0 Å². The summed E-state index contributed by atoms with van der Waals surface area (Å²) in [6.45, 7) is 5.26. The lowest BCUT2D eigenvalue weighted by molar-refractivity contribution is -0.181. The van der Waals surface area contributed by atoms with Gasteiger partial charge in [-0.05, 0) is 32.4 Å². The highest BCUT2D eigenvalue weighted by Gasteiger charge is 2.16. The number of aliphatic hydroxyl groups is 1. The molecule has 1 unspecified atom stereocenters. The Bertz CT molecular complexity index is 155. The van der Waals surface area contributed by atoms with Crippen molar-refractivity contribution in [3.05, 3.63) is 0 Å². The largest absolute Gasteiger partial charge is 0.356 e. The van der Waals surface area contributed by atoms with Gasteiger partial charge in [-0.3, -0.25) is 10.1 Å². The van der Waals surface area contributed by atoms with E-state index in [-0.39, 0.29) is 6.54 Å². The van der Waals surface area contributed by atoms with Gasteiger partial charge in [0.25, 0.3) is 0 Å². The maximum atomic E-state index is 10.3. The van der Waals surface area contributed by atoms with Crippen LogP contribution in [0, 0.1) is 0 Å². The molecule has 1 atom stereocenters. The van der Waals surface area contributed by atoms with Crippen molar-refractivity contribution in [3.63, 3.8) is 0 Å². The Morgan fingerprint density at radius 1 is 1.67 bits per heavy atom. The predicted octanol–water partition coefficient (Wildman–Crippen LogP) is 0.432. The molecule has 5 heteroatoms. The molecule has 0 aromatic carbocycles. The van der Waals surface area contributed by atoms with Gasteiger partial charge in [0.15, 0.2) is 0 Å². The lowest BCUT2D eigenvalue weighted by atomic mass is 10.2. The van der Waals surface area contributed by atoms with Crippen molar-refractivity contribution >= 4 is 16.8 Å². The molecule has 0 aliphatic rings. The Labute approximate surface area is 76.9 Å². The van der Waals surface area contributed by atoms with Gasteiger partial charge in [0.1, 0.15) is 0 Å². The van der Waals surface area contributed by atoms with Crippen LogP contribution in [0.4, 0.5) is 0 Å². The SMILES string of the molecule is CC(C)(C)OC(O)NCC(=O)Cl. The first-order valence-electron chi connectivity index (χ1n) is 3.59. The van der Waals surface area contributed by atoms with Crippen molar-refractivity contribution in [1.82, 2.24) is 5.32 Å². The van der Waals surface area contributed by atoms with Crippen molar-refractivity contribution in [2.45, 2.75) is 32.8 Å². The van der Waals surface area contributed by atoms with E-state index in [1.807, 2.05) is 0 Å². The zero-order valence-corrected chi connectivity index (χ0v) is 8.18. The number of hydrogen-bond acceptors (Lipinski definition) is 4. The average Bonchev–Trinajstić information content (AvgIpc) is 1.79.